The average molecular weight is 1200 g/mol. The minimum Gasteiger partial charge on any atom is -0.477 e. The highest BCUT2D eigenvalue weighted by molar-refractivity contribution is 5.71. The third kappa shape index (κ3) is 68.3. The molecule has 0 fully saturated rings. The summed E-state index contributed by atoms with van der Waals surface area (Å²) >= 11 is 0. The van der Waals surface area contributed by atoms with Gasteiger partial charge in [0.05, 0.1) is 34.4 Å². The maximum atomic E-state index is 12.9. The van der Waals surface area contributed by atoms with Crippen molar-refractivity contribution in [2.75, 3.05) is 47.5 Å². The van der Waals surface area contributed by atoms with Gasteiger partial charge in [-0.3, -0.25) is 9.59 Å². The molecule has 0 saturated carbocycles. The van der Waals surface area contributed by atoms with E-state index in [-0.39, 0.29) is 38.2 Å². The van der Waals surface area contributed by atoms with Crippen LogP contribution >= 0.6 is 0 Å². The number of carboxylic acids is 1. The molecule has 0 bridgehead atoms. The highest BCUT2D eigenvalue weighted by Crippen LogP contribution is 2.19. The Bertz CT molecular complexity index is 1580. The molecule has 0 rings (SSSR count). The number of carbonyl (C=O) groups is 3. The molecule has 0 aliphatic heterocycles. The topological polar surface area (TPSA) is 108 Å². The Morgan fingerprint density at radius 3 is 1.00 bits per heavy atom. The molecule has 0 aliphatic rings. The van der Waals surface area contributed by atoms with Gasteiger partial charge >= 0.3 is 17.9 Å². The standard InChI is InChI=1S/C76H139NO8/c1-6-8-10-12-14-16-18-20-22-24-26-27-28-29-30-31-32-33-34-35-36-37-38-39-40-41-42-43-44-45-46-47-49-51-53-55-57-59-61-63-65-67-74(79)85-72(71-84-76(75(80)81)82-69-68-77(3,4)5)70-83-73(78)66-64-62-60-58-56-54-52-50-48-25-23-21-19-17-15-13-11-9-7-2/h8,10,14,16,20,22,26-27,29-30,72,76H,6-7,9,11-13,15,17-19,21,23-25,28,31-71H2,1-5H3/p+1/b10-8-,16-14-,22-20-,27-26-,30-29-. The number of quaternary nitrogens is 1. The van der Waals surface area contributed by atoms with Crippen LogP contribution in [-0.4, -0.2) is 87.4 Å². The first-order chi connectivity index (χ1) is 41.6. The van der Waals surface area contributed by atoms with E-state index in [0.29, 0.717) is 17.4 Å². The van der Waals surface area contributed by atoms with Crippen LogP contribution in [0.2, 0.25) is 0 Å². The summed E-state index contributed by atoms with van der Waals surface area (Å²) in [4.78, 5) is 37.6. The van der Waals surface area contributed by atoms with Gasteiger partial charge in [-0.15, -0.1) is 0 Å². The third-order valence-corrected chi connectivity index (χ3v) is 16.3. The fraction of sp³-hybridized carbons (Fsp3) is 0.829. The van der Waals surface area contributed by atoms with Gasteiger partial charge in [-0.1, -0.05) is 338 Å². The molecule has 0 heterocycles. The zero-order valence-corrected chi connectivity index (χ0v) is 56.8. The summed E-state index contributed by atoms with van der Waals surface area (Å²) in [5.74, 6) is -1.98. The fourth-order valence-electron chi connectivity index (χ4n) is 10.8. The lowest BCUT2D eigenvalue weighted by Crippen LogP contribution is -2.40. The first-order valence-electron chi connectivity index (χ1n) is 36.5. The summed E-state index contributed by atoms with van der Waals surface area (Å²) in [5.41, 5.74) is 0. The van der Waals surface area contributed by atoms with Gasteiger partial charge in [0.15, 0.2) is 6.10 Å². The number of hydrogen-bond donors (Lipinski definition) is 1. The number of likely N-dealkylation sites (N-methyl/N-ethyl adjacent to an activating group) is 1. The van der Waals surface area contributed by atoms with Crippen LogP contribution in [0.25, 0.3) is 0 Å². The number of nitrogens with zero attached hydrogens (tertiary/aromatic N) is 1. The number of aliphatic carboxylic acids is 1. The second-order valence-corrected chi connectivity index (χ2v) is 25.9. The van der Waals surface area contributed by atoms with E-state index in [9.17, 15) is 19.5 Å². The van der Waals surface area contributed by atoms with Crippen LogP contribution in [-0.2, 0) is 33.3 Å². The fourth-order valence-corrected chi connectivity index (χ4v) is 10.8. The van der Waals surface area contributed by atoms with Crippen molar-refractivity contribution in [3.63, 3.8) is 0 Å². The molecule has 0 aromatic carbocycles. The Labute approximate surface area is 526 Å². The lowest BCUT2D eigenvalue weighted by molar-refractivity contribution is -0.870. The molecular weight excluding hydrogens is 1050 g/mol. The van der Waals surface area contributed by atoms with Gasteiger partial charge in [-0.25, -0.2) is 4.79 Å². The molecule has 0 spiro atoms. The van der Waals surface area contributed by atoms with E-state index in [1.807, 2.05) is 21.1 Å². The average Bonchev–Trinajstić information content (AvgIpc) is 3.49. The Hall–Kier alpha value is -3.01. The lowest BCUT2D eigenvalue weighted by atomic mass is 10.0. The summed E-state index contributed by atoms with van der Waals surface area (Å²) in [7, 11) is 5.99. The predicted octanol–water partition coefficient (Wildman–Crippen LogP) is 22.7. The van der Waals surface area contributed by atoms with Crippen LogP contribution in [0.3, 0.4) is 0 Å². The highest BCUT2D eigenvalue weighted by Gasteiger charge is 2.25. The number of carbonyl (C=O) groups excluding carboxylic acids is 2. The maximum Gasteiger partial charge on any atom is 0.361 e. The van der Waals surface area contributed by atoms with Crippen LogP contribution in [0, 0.1) is 0 Å². The first kappa shape index (κ1) is 82.0. The van der Waals surface area contributed by atoms with Crippen LogP contribution in [0.1, 0.15) is 348 Å². The van der Waals surface area contributed by atoms with E-state index in [1.165, 1.54) is 250 Å². The van der Waals surface area contributed by atoms with Gasteiger partial charge in [-0.05, 0) is 57.8 Å². The van der Waals surface area contributed by atoms with Crippen molar-refractivity contribution in [3.05, 3.63) is 60.8 Å². The number of unbranched alkanes of at least 4 members (excludes halogenated alkanes) is 43. The molecule has 0 saturated heterocycles. The second kappa shape index (κ2) is 66.9. The van der Waals surface area contributed by atoms with E-state index in [1.54, 1.807) is 0 Å². The van der Waals surface area contributed by atoms with Crippen molar-refractivity contribution < 1.29 is 42.9 Å². The molecule has 0 aromatic heterocycles. The second-order valence-electron chi connectivity index (χ2n) is 25.9. The van der Waals surface area contributed by atoms with Crippen LogP contribution < -0.4 is 0 Å². The molecule has 0 aliphatic carbocycles. The molecule has 2 unspecified atom stereocenters. The summed E-state index contributed by atoms with van der Waals surface area (Å²) in [6.45, 7) is 4.83. The molecule has 0 amide bonds. The van der Waals surface area contributed by atoms with Crippen molar-refractivity contribution in [2.45, 2.75) is 360 Å². The van der Waals surface area contributed by atoms with Crippen molar-refractivity contribution in [2.24, 2.45) is 0 Å². The van der Waals surface area contributed by atoms with Gasteiger partial charge in [0.2, 0.25) is 0 Å². The van der Waals surface area contributed by atoms with Gasteiger partial charge in [0, 0.05) is 12.8 Å². The molecule has 9 nitrogen and oxygen atoms in total. The normalized spacial score (nSPS) is 13.0. The van der Waals surface area contributed by atoms with Crippen molar-refractivity contribution in [1.29, 1.82) is 0 Å². The molecule has 0 radical (unpaired) electrons. The molecule has 0 aromatic rings. The van der Waals surface area contributed by atoms with Gasteiger partial charge < -0.3 is 28.5 Å². The molecule has 1 N–H and O–H groups in total. The Balaban J connectivity index is 3.94. The van der Waals surface area contributed by atoms with Crippen LogP contribution in [0.15, 0.2) is 60.8 Å². The molecule has 85 heavy (non-hydrogen) atoms. The summed E-state index contributed by atoms with van der Waals surface area (Å²) < 4.78 is 23.0. The van der Waals surface area contributed by atoms with Gasteiger partial charge in [0.25, 0.3) is 6.29 Å². The van der Waals surface area contributed by atoms with Crippen molar-refractivity contribution in [1.82, 2.24) is 0 Å². The zero-order chi connectivity index (χ0) is 61.9. The number of rotatable bonds is 68. The Morgan fingerprint density at radius 2 is 0.671 bits per heavy atom. The first-order valence-corrected chi connectivity index (χ1v) is 36.5. The largest absolute Gasteiger partial charge is 0.477 e. The highest BCUT2D eigenvalue weighted by atomic mass is 16.7. The summed E-state index contributed by atoms with van der Waals surface area (Å²) in [6, 6.07) is 0. The third-order valence-electron chi connectivity index (χ3n) is 16.3. The quantitative estimate of drug-likeness (QED) is 0.0211. The van der Waals surface area contributed by atoms with Gasteiger partial charge in [0.1, 0.15) is 13.2 Å². The molecule has 9 heteroatoms. The summed E-state index contributed by atoms with van der Waals surface area (Å²) in [6.07, 6.45) is 85.0. The number of hydrogen-bond acceptors (Lipinski definition) is 7. The van der Waals surface area contributed by atoms with E-state index < -0.39 is 18.4 Å². The SMILES string of the molecule is CC/C=C\C/C=C\C/C=C\C/C=C\C/C=C\CCCCCCCCCCCCCCCCCCCCCCCCCCCC(=O)OC(COC(=O)CCCCCCCCCCCCCCCCCCCCC)COC(OCC[N+](C)(C)C)C(=O)O. The maximum absolute atomic E-state index is 12.9. The lowest BCUT2D eigenvalue weighted by Gasteiger charge is -2.25. The van der Waals surface area contributed by atoms with Crippen LogP contribution in [0.4, 0.5) is 0 Å². The molecular formula is C76H140NO8+. The van der Waals surface area contributed by atoms with Crippen molar-refractivity contribution in [3.8, 4) is 0 Å². The summed E-state index contributed by atoms with van der Waals surface area (Å²) in [5, 5.41) is 9.74. The Kier molecular flexibility index (Phi) is 64.6. The monoisotopic (exact) mass is 1200 g/mol. The number of esters is 2. The smallest absolute Gasteiger partial charge is 0.361 e. The van der Waals surface area contributed by atoms with Gasteiger partial charge in [-0.2, -0.15) is 0 Å². The van der Waals surface area contributed by atoms with E-state index in [2.05, 4.69) is 74.6 Å². The van der Waals surface area contributed by atoms with Crippen molar-refractivity contribution >= 4 is 17.9 Å². The minimum atomic E-state index is -1.51. The number of allylic oxidation sites excluding steroid dienone is 10. The van der Waals surface area contributed by atoms with Crippen LogP contribution in [0.5, 0.6) is 0 Å². The Morgan fingerprint density at radius 1 is 0.365 bits per heavy atom. The molecule has 2 atom stereocenters. The predicted molar refractivity (Wildman–Crippen MR) is 364 cm³/mol. The number of carboxylic acid groups (broad SMARTS) is 1. The molecule has 496 valence electrons. The van der Waals surface area contributed by atoms with E-state index in [4.69, 9.17) is 18.9 Å². The van der Waals surface area contributed by atoms with E-state index >= 15 is 0 Å². The zero-order valence-electron chi connectivity index (χ0n) is 56.8. The number of ether oxygens (including phenoxy) is 4. The minimum absolute atomic E-state index is 0.175. The van der Waals surface area contributed by atoms with E-state index in [0.717, 1.165) is 70.6 Å².